The number of nitrogens with one attached hydrogen (secondary N) is 2. The van der Waals surface area contributed by atoms with Crippen LogP contribution in [0.5, 0.6) is 5.75 Å². The normalized spacial score (nSPS) is 20.6. The third-order valence-corrected chi connectivity index (χ3v) is 5.58. The molecule has 162 valence electrons. The van der Waals surface area contributed by atoms with E-state index in [9.17, 15) is 4.79 Å². The molecule has 0 bridgehead atoms. The van der Waals surface area contributed by atoms with Gasteiger partial charge in [-0.15, -0.1) is 12.4 Å². The van der Waals surface area contributed by atoms with Crippen molar-refractivity contribution in [2.45, 2.75) is 31.1 Å². The van der Waals surface area contributed by atoms with E-state index in [1.807, 2.05) is 54.6 Å². The molecule has 4 rings (SSSR count). The molecule has 2 saturated heterocycles. The Hall–Kier alpha value is -2.12. The minimum atomic E-state index is -0.447. The van der Waals surface area contributed by atoms with Crippen LogP contribution >= 0.6 is 12.4 Å². The van der Waals surface area contributed by atoms with Crippen LogP contribution in [0.4, 0.5) is 0 Å². The van der Waals surface area contributed by atoms with Crippen molar-refractivity contribution in [1.29, 1.82) is 0 Å². The highest BCUT2D eigenvalue weighted by atomic mass is 35.5. The zero-order chi connectivity index (χ0) is 19.9. The van der Waals surface area contributed by atoms with Crippen LogP contribution in [-0.4, -0.2) is 44.9 Å². The molecule has 2 aliphatic rings. The minimum absolute atomic E-state index is 0. The smallest absolute Gasteiger partial charge is 0.251 e. The molecule has 1 unspecified atom stereocenters. The fourth-order valence-corrected chi connectivity index (χ4v) is 3.87. The minimum Gasteiger partial charge on any atom is -0.489 e. The van der Waals surface area contributed by atoms with Crippen molar-refractivity contribution in [1.82, 2.24) is 10.6 Å². The summed E-state index contributed by atoms with van der Waals surface area (Å²) >= 11 is 0. The van der Waals surface area contributed by atoms with Crippen LogP contribution in [0.25, 0.3) is 0 Å². The molecule has 0 saturated carbocycles. The Bertz CT molecular complexity index is 789. The van der Waals surface area contributed by atoms with Crippen molar-refractivity contribution < 1.29 is 19.0 Å². The van der Waals surface area contributed by atoms with Crippen molar-refractivity contribution in [2.24, 2.45) is 0 Å². The zero-order valence-corrected chi connectivity index (χ0v) is 17.8. The van der Waals surface area contributed by atoms with Gasteiger partial charge in [0.1, 0.15) is 18.5 Å². The zero-order valence-electron chi connectivity index (χ0n) is 17.0. The fraction of sp³-hybridized carbons (Fsp3) is 0.435. The number of carbonyl (C=O) groups excluding carboxylic acids is 1. The van der Waals surface area contributed by atoms with Crippen LogP contribution < -0.4 is 15.4 Å². The Morgan fingerprint density at radius 1 is 1.07 bits per heavy atom. The highest BCUT2D eigenvalue weighted by Crippen LogP contribution is 2.33. The van der Waals surface area contributed by atoms with Crippen LogP contribution in [0.1, 0.15) is 24.0 Å². The maximum atomic E-state index is 12.8. The highest BCUT2D eigenvalue weighted by molar-refractivity contribution is 5.85. The van der Waals surface area contributed by atoms with E-state index in [2.05, 4.69) is 10.6 Å². The van der Waals surface area contributed by atoms with Crippen molar-refractivity contribution >= 4 is 18.3 Å². The topological polar surface area (TPSA) is 68.8 Å². The molecule has 0 aliphatic carbocycles. The van der Waals surface area contributed by atoms with Crippen molar-refractivity contribution in [2.75, 3.05) is 32.9 Å². The summed E-state index contributed by atoms with van der Waals surface area (Å²) < 4.78 is 17.1. The molecular formula is C23H29ClN2O4. The summed E-state index contributed by atoms with van der Waals surface area (Å²) in [5.41, 5.74) is 1.77. The molecule has 2 aromatic rings. The summed E-state index contributed by atoms with van der Waals surface area (Å²) in [5, 5.41) is 6.48. The molecule has 0 radical (unpaired) electrons. The first kappa shape index (κ1) is 22.6. The SMILES string of the molecule is Cl.O=C(NC1(c2ccc(OCc3ccccc3)cc2)CCOCC1)C1CNCCO1. The number of hydrogen-bond donors (Lipinski definition) is 2. The number of hydrogen-bond acceptors (Lipinski definition) is 5. The van der Waals surface area contributed by atoms with E-state index in [0.717, 1.165) is 36.3 Å². The Morgan fingerprint density at radius 2 is 1.80 bits per heavy atom. The van der Waals surface area contributed by atoms with Crippen LogP contribution in [0.2, 0.25) is 0 Å². The maximum Gasteiger partial charge on any atom is 0.251 e. The lowest BCUT2D eigenvalue weighted by atomic mass is 9.82. The first-order valence-corrected chi connectivity index (χ1v) is 10.2. The van der Waals surface area contributed by atoms with Gasteiger partial charge in [-0.2, -0.15) is 0 Å². The lowest BCUT2D eigenvalue weighted by molar-refractivity contribution is -0.137. The average Bonchev–Trinajstić information content (AvgIpc) is 2.80. The second kappa shape index (κ2) is 10.8. The first-order valence-electron chi connectivity index (χ1n) is 10.2. The van der Waals surface area contributed by atoms with Gasteiger partial charge in [-0.3, -0.25) is 4.79 Å². The molecule has 2 fully saturated rings. The molecule has 30 heavy (non-hydrogen) atoms. The van der Waals surface area contributed by atoms with Gasteiger partial charge in [-0.25, -0.2) is 0 Å². The average molecular weight is 433 g/mol. The van der Waals surface area contributed by atoms with Crippen molar-refractivity contribution in [3.05, 3.63) is 65.7 Å². The van der Waals surface area contributed by atoms with Crippen molar-refractivity contribution in [3.63, 3.8) is 0 Å². The second-order valence-electron chi connectivity index (χ2n) is 7.55. The van der Waals surface area contributed by atoms with Gasteiger partial charge in [-0.05, 0) is 36.1 Å². The van der Waals surface area contributed by atoms with E-state index in [0.29, 0.717) is 33.0 Å². The summed E-state index contributed by atoms with van der Waals surface area (Å²) in [7, 11) is 0. The van der Waals surface area contributed by atoms with E-state index in [-0.39, 0.29) is 18.3 Å². The fourth-order valence-electron chi connectivity index (χ4n) is 3.87. The Kier molecular flexibility index (Phi) is 8.10. The standard InChI is InChI=1S/C23H28N2O4.ClH/c26-22(21-16-24-12-15-28-21)25-23(10-13-27-14-11-23)19-6-8-20(9-7-19)29-17-18-4-2-1-3-5-18;/h1-9,21,24H,10-17H2,(H,25,26);1H. The molecule has 1 amide bonds. The van der Waals surface area contributed by atoms with E-state index in [1.54, 1.807) is 0 Å². The van der Waals surface area contributed by atoms with E-state index < -0.39 is 11.6 Å². The van der Waals surface area contributed by atoms with Gasteiger partial charge in [0, 0.05) is 26.3 Å². The molecule has 1 atom stereocenters. The summed E-state index contributed by atoms with van der Waals surface area (Å²) in [5.74, 6) is 0.745. The lowest BCUT2D eigenvalue weighted by Crippen LogP contribution is -2.56. The Morgan fingerprint density at radius 3 is 2.47 bits per heavy atom. The number of morpholine rings is 1. The quantitative estimate of drug-likeness (QED) is 0.734. The molecular weight excluding hydrogens is 404 g/mol. The number of amides is 1. The molecule has 2 aliphatic heterocycles. The number of benzene rings is 2. The molecule has 7 heteroatoms. The summed E-state index contributed by atoms with van der Waals surface area (Å²) in [4.78, 5) is 12.8. The Balaban J connectivity index is 0.00000256. The molecule has 2 heterocycles. The first-order chi connectivity index (χ1) is 14.3. The summed E-state index contributed by atoms with van der Waals surface area (Å²) in [6.07, 6.45) is 1.03. The monoisotopic (exact) mass is 432 g/mol. The van der Waals surface area contributed by atoms with Gasteiger partial charge >= 0.3 is 0 Å². The summed E-state index contributed by atoms with van der Waals surface area (Å²) in [6, 6.07) is 18.1. The van der Waals surface area contributed by atoms with Crippen LogP contribution in [0, 0.1) is 0 Å². The lowest BCUT2D eigenvalue weighted by Gasteiger charge is -2.40. The number of halogens is 1. The third kappa shape index (κ3) is 5.52. The van der Waals surface area contributed by atoms with E-state index in [1.165, 1.54) is 0 Å². The summed E-state index contributed by atoms with van der Waals surface area (Å²) in [6.45, 7) is 3.66. The highest BCUT2D eigenvalue weighted by Gasteiger charge is 2.38. The molecule has 6 nitrogen and oxygen atoms in total. The van der Waals surface area contributed by atoms with Crippen molar-refractivity contribution in [3.8, 4) is 5.75 Å². The largest absolute Gasteiger partial charge is 0.489 e. The van der Waals surface area contributed by atoms with Gasteiger partial charge in [-0.1, -0.05) is 42.5 Å². The third-order valence-electron chi connectivity index (χ3n) is 5.58. The van der Waals surface area contributed by atoms with Crippen LogP contribution in [0.15, 0.2) is 54.6 Å². The van der Waals surface area contributed by atoms with Gasteiger partial charge in [0.05, 0.1) is 12.1 Å². The van der Waals surface area contributed by atoms with E-state index in [4.69, 9.17) is 14.2 Å². The molecule has 2 aromatic carbocycles. The van der Waals surface area contributed by atoms with Gasteiger partial charge in [0.15, 0.2) is 0 Å². The predicted molar refractivity (Wildman–Crippen MR) is 117 cm³/mol. The maximum absolute atomic E-state index is 12.8. The van der Waals surface area contributed by atoms with Gasteiger partial charge in [0.2, 0.25) is 0 Å². The van der Waals surface area contributed by atoms with Crippen LogP contribution in [0.3, 0.4) is 0 Å². The molecule has 0 aromatic heterocycles. The van der Waals surface area contributed by atoms with Crippen LogP contribution in [-0.2, 0) is 26.4 Å². The Labute approximate surface area is 183 Å². The van der Waals surface area contributed by atoms with Gasteiger partial charge in [0.25, 0.3) is 5.91 Å². The molecule has 0 spiro atoms. The van der Waals surface area contributed by atoms with E-state index >= 15 is 0 Å². The molecule has 2 N–H and O–H groups in total. The number of carbonyl (C=O) groups is 1. The predicted octanol–water partition coefficient (Wildman–Crippen LogP) is 2.80. The second-order valence-corrected chi connectivity index (χ2v) is 7.55. The number of ether oxygens (including phenoxy) is 3. The number of rotatable bonds is 6. The van der Waals surface area contributed by atoms with Gasteiger partial charge < -0.3 is 24.8 Å².